The lowest BCUT2D eigenvalue weighted by molar-refractivity contribution is -0.188. The van der Waals surface area contributed by atoms with Crippen molar-refractivity contribution in [1.82, 2.24) is 25.1 Å². The summed E-state index contributed by atoms with van der Waals surface area (Å²) < 4.78 is 13.7. The monoisotopic (exact) mass is 691 g/mol. The Balaban J connectivity index is 1.49. The van der Waals surface area contributed by atoms with Gasteiger partial charge in [-0.15, -0.1) is 0 Å². The molecular formula is C29H28ClFIN5O4. The Labute approximate surface area is 255 Å². The fraction of sp³-hybridized carbons (Fsp3) is 0.276. The highest BCUT2D eigenvalue weighted by Crippen LogP contribution is 2.35. The van der Waals surface area contributed by atoms with Gasteiger partial charge in [0, 0.05) is 13.0 Å². The minimum Gasteiger partial charge on any atom is -0.508 e. The quantitative estimate of drug-likeness (QED) is 0.220. The van der Waals surface area contributed by atoms with Crippen molar-refractivity contribution in [1.29, 1.82) is 0 Å². The number of phenolic OH excluding ortho intramolecular Hbond substituents is 1. The lowest BCUT2D eigenvalue weighted by Gasteiger charge is -2.55. The summed E-state index contributed by atoms with van der Waals surface area (Å²) in [5.74, 6) is -0.899. The summed E-state index contributed by atoms with van der Waals surface area (Å²) in [6.45, 7) is 0.0513. The zero-order valence-corrected chi connectivity index (χ0v) is 24.8. The van der Waals surface area contributed by atoms with Crippen LogP contribution in [0.4, 0.5) is 9.18 Å². The molecule has 9 nitrogen and oxygen atoms in total. The molecule has 41 heavy (non-hydrogen) atoms. The van der Waals surface area contributed by atoms with Crippen LogP contribution >= 0.6 is 34.2 Å². The summed E-state index contributed by atoms with van der Waals surface area (Å²) in [5, 5.41) is 15.7. The van der Waals surface area contributed by atoms with Gasteiger partial charge in [0.05, 0.1) is 17.6 Å². The molecule has 3 atom stereocenters. The molecule has 3 aromatic carbocycles. The van der Waals surface area contributed by atoms with E-state index in [0.29, 0.717) is 15.7 Å². The Kier molecular flexibility index (Phi) is 8.95. The van der Waals surface area contributed by atoms with Gasteiger partial charge in [-0.05, 0) is 41.0 Å². The molecule has 2 aliphatic rings. The zero-order valence-electron chi connectivity index (χ0n) is 21.9. The standard InChI is InChI=1S/C29H28ClFIN5O4/c30-27(21-4-2-1-3-5-21)35-16-25-36(24(28(35)40)14-19-8-12-23(38)13-9-19)26(39)17-34(18-32)37(25)29(41)33-15-20-6-10-22(31)11-7-20/h1-13,24-25,27,38H,14-18H2,(H,33,41)/t24-,25-,27+/m0/s1. The van der Waals surface area contributed by atoms with E-state index in [1.165, 1.54) is 39.1 Å². The molecule has 4 amide bonds. The van der Waals surface area contributed by atoms with Crippen LogP contribution in [0.15, 0.2) is 78.9 Å². The first-order valence-electron chi connectivity index (χ1n) is 13.0. The van der Waals surface area contributed by atoms with E-state index < -0.39 is 23.7 Å². The number of nitrogens with zero attached hydrogens (tertiary/aromatic N) is 4. The van der Waals surface area contributed by atoms with Crippen molar-refractivity contribution >= 4 is 52.0 Å². The van der Waals surface area contributed by atoms with Crippen molar-refractivity contribution in [3.63, 3.8) is 0 Å². The summed E-state index contributed by atoms with van der Waals surface area (Å²) in [5.41, 5.74) is 1.33. The number of hydrogen-bond donors (Lipinski definition) is 2. The Morgan fingerprint density at radius 2 is 1.68 bits per heavy atom. The average molecular weight is 692 g/mol. The minimum absolute atomic E-state index is 0.00315. The number of nitrogens with one attached hydrogen (secondary N) is 1. The lowest BCUT2D eigenvalue weighted by Crippen LogP contribution is -2.76. The number of amides is 4. The van der Waals surface area contributed by atoms with E-state index in [-0.39, 0.29) is 49.4 Å². The third-order valence-corrected chi connectivity index (χ3v) is 8.47. The second-order valence-corrected chi connectivity index (χ2v) is 10.9. The van der Waals surface area contributed by atoms with Gasteiger partial charge in [0.2, 0.25) is 11.8 Å². The maximum atomic E-state index is 14.0. The number of carbonyl (C=O) groups excluding carboxylic acids is 3. The maximum absolute atomic E-state index is 14.0. The van der Waals surface area contributed by atoms with Gasteiger partial charge in [0.25, 0.3) is 0 Å². The van der Waals surface area contributed by atoms with Crippen molar-refractivity contribution in [3.8, 4) is 5.75 Å². The molecule has 0 radical (unpaired) electrons. The number of hydrazine groups is 1. The predicted molar refractivity (Wildman–Crippen MR) is 159 cm³/mol. The van der Waals surface area contributed by atoms with Gasteiger partial charge in [-0.1, -0.05) is 88.8 Å². The van der Waals surface area contributed by atoms with E-state index in [9.17, 15) is 23.9 Å². The van der Waals surface area contributed by atoms with Gasteiger partial charge in [0.15, 0.2) is 0 Å². The van der Waals surface area contributed by atoms with Crippen LogP contribution in [0.2, 0.25) is 0 Å². The molecule has 0 bridgehead atoms. The first-order chi connectivity index (χ1) is 19.8. The molecule has 214 valence electrons. The molecule has 2 heterocycles. The Morgan fingerprint density at radius 1 is 1.02 bits per heavy atom. The number of hydrogen-bond acceptors (Lipinski definition) is 5. The summed E-state index contributed by atoms with van der Waals surface area (Å²) >= 11 is 8.98. The van der Waals surface area contributed by atoms with Gasteiger partial charge in [-0.3, -0.25) is 9.59 Å². The van der Waals surface area contributed by atoms with E-state index >= 15 is 0 Å². The Hall–Kier alpha value is -3.42. The maximum Gasteiger partial charge on any atom is 0.334 e. The topological polar surface area (TPSA) is 96.4 Å². The number of halogens is 3. The van der Waals surface area contributed by atoms with Gasteiger partial charge < -0.3 is 20.2 Å². The fourth-order valence-corrected chi connectivity index (χ4v) is 6.06. The van der Waals surface area contributed by atoms with Gasteiger partial charge in [-0.25, -0.2) is 14.2 Å². The Bertz CT molecular complexity index is 1400. The summed E-state index contributed by atoms with van der Waals surface area (Å²) in [6.07, 6.45) is -0.657. The number of phenols is 1. The average Bonchev–Trinajstić information content (AvgIpc) is 2.98. The van der Waals surface area contributed by atoms with Crippen molar-refractivity contribution in [2.24, 2.45) is 0 Å². The van der Waals surface area contributed by atoms with Crippen LogP contribution in [0.1, 0.15) is 22.2 Å². The molecule has 0 saturated carbocycles. The number of fused-ring (bicyclic) bond motifs is 1. The smallest absolute Gasteiger partial charge is 0.334 e. The van der Waals surface area contributed by atoms with Crippen LogP contribution in [-0.4, -0.2) is 72.6 Å². The highest BCUT2D eigenvalue weighted by atomic mass is 127. The first kappa shape index (κ1) is 29.1. The molecule has 0 spiro atoms. The lowest BCUT2D eigenvalue weighted by atomic mass is 9.98. The third-order valence-electron chi connectivity index (χ3n) is 7.19. The van der Waals surface area contributed by atoms with E-state index in [1.807, 2.05) is 30.3 Å². The number of benzene rings is 3. The molecule has 2 fully saturated rings. The molecule has 2 N–H and O–H groups in total. The summed E-state index contributed by atoms with van der Waals surface area (Å²) in [4.78, 5) is 44.3. The van der Waals surface area contributed by atoms with Crippen molar-refractivity contribution < 1.29 is 23.9 Å². The van der Waals surface area contributed by atoms with Gasteiger partial charge in [-0.2, -0.15) is 5.01 Å². The number of carbonyl (C=O) groups is 3. The SMILES string of the molecule is O=C1[C@H](Cc2ccc(O)cc2)N2C(=O)CN(CI)N(C(=O)NCc3ccc(F)cc3)[C@H]2CN1[C@@H](Cl)c1ccccc1. The normalized spacial score (nSPS) is 20.1. The van der Waals surface area contributed by atoms with Crippen molar-refractivity contribution in [3.05, 3.63) is 101 Å². The van der Waals surface area contributed by atoms with Crippen LogP contribution in [0.3, 0.4) is 0 Å². The highest BCUT2D eigenvalue weighted by molar-refractivity contribution is 14.1. The van der Waals surface area contributed by atoms with Crippen LogP contribution in [-0.2, 0) is 22.6 Å². The molecule has 0 aromatic heterocycles. The minimum atomic E-state index is -0.931. The second-order valence-electron chi connectivity index (χ2n) is 9.82. The molecule has 0 unspecified atom stereocenters. The van der Waals surface area contributed by atoms with E-state index in [1.54, 1.807) is 29.3 Å². The zero-order chi connectivity index (χ0) is 29.1. The summed E-state index contributed by atoms with van der Waals surface area (Å²) in [7, 11) is 0. The van der Waals surface area contributed by atoms with Crippen LogP contribution in [0.25, 0.3) is 0 Å². The number of urea groups is 1. The Morgan fingerprint density at radius 3 is 2.34 bits per heavy atom. The van der Waals surface area contributed by atoms with Gasteiger partial charge >= 0.3 is 6.03 Å². The molecule has 2 aliphatic heterocycles. The van der Waals surface area contributed by atoms with E-state index in [2.05, 4.69) is 27.9 Å². The van der Waals surface area contributed by atoms with E-state index in [0.717, 1.165) is 5.56 Å². The number of piperazine rings is 1. The number of alkyl halides is 2. The second kappa shape index (κ2) is 12.6. The van der Waals surface area contributed by atoms with Crippen LogP contribution in [0.5, 0.6) is 5.75 Å². The summed E-state index contributed by atoms with van der Waals surface area (Å²) in [6, 6.07) is 20.0. The van der Waals surface area contributed by atoms with Crippen LogP contribution in [0, 0.1) is 5.82 Å². The predicted octanol–water partition coefficient (Wildman–Crippen LogP) is 4.21. The molecule has 12 heteroatoms. The molecule has 2 saturated heterocycles. The largest absolute Gasteiger partial charge is 0.508 e. The van der Waals surface area contributed by atoms with E-state index in [4.69, 9.17) is 11.6 Å². The van der Waals surface area contributed by atoms with Gasteiger partial charge in [0.1, 0.15) is 29.3 Å². The first-order valence-corrected chi connectivity index (χ1v) is 14.9. The van der Waals surface area contributed by atoms with Crippen molar-refractivity contribution in [2.75, 3.05) is 17.6 Å². The third kappa shape index (κ3) is 6.26. The number of rotatable bonds is 7. The fourth-order valence-electron chi connectivity index (χ4n) is 5.17. The highest BCUT2D eigenvalue weighted by Gasteiger charge is 2.52. The molecule has 0 aliphatic carbocycles. The van der Waals surface area contributed by atoms with Crippen LogP contribution < -0.4 is 5.32 Å². The molecular weight excluding hydrogens is 664 g/mol. The van der Waals surface area contributed by atoms with Crippen molar-refractivity contribution in [2.45, 2.75) is 30.7 Å². The number of aromatic hydroxyl groups is 1. The molecule has 3 aromatic rings. The molecule has 5 rings (SSSR count).